The van der Waals surface area contributed by atoms with Crippen LogP contribution in [0, 0.1) is 0 Å². The van der Waals surface area contributed by atoms with E-state index < -0.39 is 0 Å². The second-order valence-corrected chi connectivity index (χ2v) is 6.61. The number of benzene rings is 1. The molecule has 1 heterocycles. The first-order valence-corrected chi connectivity index (χ1v) is 8.35. The van der Waals surface area contributed by atoms with Gasteiger partial charge in [0, 0.05) is 25.7 Å². The summed E-state index contributed by atoms with van der Waals surface area (Å²) in [5.41, 5.74) is 2.88. The molecule has 0 aliphatic carbocycles. The Hall–Kier alpha value is -0.900. The predicted molar refractivity (Wildman–Crippen MR) is 90.7 cm³/mol. The fraction of sp³-hybridized carbons (Fsp3) is 0.667. The Morgan fingerprint density at radius 2 is 1.71 bits per heavy atom. The molecule has 1 aliphatic rings. The average molecular weight is 289 g/mol. The molecule has 1 N–H and O–H groups in total. The summed E-state index contributed by atoms with van der Waals surface area (Å²) >= 11 is 0. The van der Waals surface area contributed by atoms with E-state index in [-0.39, 0.29) is 0 Å². The fourth-order valence-electron chi connectivity index (χ4n) is 2.83. The molecule has 0 unspecified atom stereocenters. The smallest absolute Gasteiger partial charge is 0.0234 e. The molecular weight excluding hydrogens is 258 g/mol. The van der Waals surface area contributed by atoms with Crippen LogP contribution in [0.5, 0.6) is 0 Å². The van der Waals surface area contributed by atoms with E-state index in [1.54, 1.807) is 0 Å². The van der Waals surface area contributed by atoms with Crippen molar-refractivity contribution in [3.05, 3.63) is 35.4 Å². The number of nitrogens with one attached hydrogen (secondary N) is 1. The van der Waals surface area contributed by atoms with E-state index in [1.807, 2.05) is 0 Å². The standard InChI is InChI=1S/C18H31N3/c1-16(2)19-10-9-17-5-7-18(8-6-17)15-21-12-4-11-20(3)13-14-21/h5-8,16,19H,4,9-15H2,1-3H3. The van der Waals surface area contributed by atoms with Crippen molar-refractivity contribution in [2.75, 3.05) is 39.8 Å². The Kier molecular flexibility index (Phi) is 6.68. The predicted octanol–water partition coefficient (Wildman–Crippen LogP) is 2.36. The molecule has 3 nitrogen and oxygen atoms in total. The average Bonchev–Trinajstić information content (AvgIpc) is 2.65. The first-order chi connectivity index (χ1) is 10.1. The maximum atomic E-state index is 3.47. The molecule has 3 heteroatoms. The summed E-state index contributed by atoms with van der Waals surface area (Å²) in [5.74, 6) is 0. The van der Waals surface area contributed by atoms with Gasteiger partial charge in [0.1, 0.15) is 0 Å². The Morgan fingerprint density at radius 3 is 2.43 bits per heavy atom. The Bertz CT molecular complexity index is 399. The minimum absolute atomic E-state index is 0.574. The van der Waals surface area contributed by atoms with Gasteiger partial charge in [0.05, 0.1) is 0 Å². The van der Waals surface area contributed by atoms with Crippen LogP contribution in [-0.4, -0.2) is 55.6 Å². The lowest BCUT2D eigenvalue weighted by atomic mass is 10.1. The van der Waals surface area contributed by atoms with Gasteiger partial charge < -0.3 is 10.2 Å². The SMILES string of the molecule is CC(C)NCCc1ccc(CN2CCCN(C)CC2)cc1. The second kappa shape index (κ2) is 8.52. The molecule has 0 amide bonds. The van der Waals surface area contributed by atoms with Crippen LogP contribution in [0.2, 0.25) is 0 Å². The monoisotopic (exact) mass is 289 g/mol. The molecule has 0 atom stereocenters. The van der Waals surface area contributed by atoms with Crippen molar-refractivity contribution in [3.8, 4) is 0 Å². The van der Waals surface area contributed by atoms with Crippen LogP contribution in [-0.2, 0) is 13.0 Å². The zero-order valence-corrected chi connectivity index (χ0v) is 13.9. The lowest BCUT2D eigenvalue weighted by Crippen LogP contribution is -2.28. The largest absolute Gasteiger partial charge is 0.314 e. The molecule has 1 saturated heterocycles. The quantitative estimate of drug-likeness (QED) is 0.867. The molecule has 1 fully saturated rings. The zero-order valence-electron chi connectivity index (χ0n) is 13.9. The summed E-state index contributed by atoms with van der Waals surface area (Å²) in [4.78, 5) is 5.02. The first kappa shape index (κ1) is 16.5. The Morgan fingerprint density at radius 1 is 1.00 bits per heavy atom. The summed E-state index contributed by atoms with van der Waals surface area (Å²) < 4.78 is 0. The Labute approximate surface area is 130 Å². The topological polar surface area (TPSA) is 18.5 Å². The van der Waals surface area contributed by atoms with Gasteiger partial charge in [-0.3, -0.25) is 4.90 Å². The van der Waals surface area contributed by atoms with E-state index in [4.69, 9.17) is 0 Å². The minimum Gasteiger partial charge on any atom is -0.314 e. The highest BCUT2D eigenvalue weighted by atomic mass is 15.2. The van der Waals surface area contributed by atoms with Crippen LogP contribution in [0.1, 0.15) is 31.4 Å². The number of rotatable bonds is 6. The summed E-state index contributed by atoms with van der Waals surface area (Å²) in [6, 6.07) is 9.77. The fourth-order valence-corrected chi connectivity index (χ4v) is 2.83. The maximum Gasteiger partial charge on any atom is 0.0234 e. The normalized spacial score (nSPS) is 18.1. The van der Waals surface area contributed by atoms with Crippen LogP contribution in [0.15, 0.2) is 24.3 Å². The third-order valence-electron chi connectivity index (χ3n) is 4.21. The highest BCUT2D eigenvalue weighted by molar-refractivity contribution is 5.22. The lowest BCUT2D eigenvalue weighted by Gasteiger charge is -2.20. The van der Waals surface area contributed by atoms with Crippen LogP contribution in [0.4, 0.5) is 0 Å². The molecule has 1 aromatic carbocycles. The highest BCUT2D eigenvalue weighted by Gasteiger charge is 2.12. The van der Waals surface area contributed by atoms with Crippen molar-refractivity contribution >= 4 is 0 Å². The number of likely N-dealkylation sites (N-methyl/N-ethyl adjacent to an activating group) is 1. The van der Waals surface area contributed by atoms with Gasteiger partial charge in [-0.25, -0.2) is 0 Å². The molecule has 21 heavy (non-hydrogen) atoms. The van der Waals surface area contributed by atoms with Crippen molar-refractivity contribution in [2.45, 2.75) is 39.3 Å². The van der Waals surface area contributed by atoms with Crippen LogP contribution in [0.3, 0.4) is 0 Å². The van der Waals surface area contributed by atoms with Gasteiger partial charge in [-0.1, -0.05) is 38.1 Å². The highest BCUT2D eigenvalue weighted by Crippen LogP contribution is 2.10. The number of hydrogen-bond acceptors (Lipinski definition) is 3. The maximum absolute atomic E-state index is 3.47. The van der Waals surface area contributed by atoms with Gasteiger partial charge in [-0.05, 0) is 50.7 Å². The summed E-state index contributed by atoms with van der Waals surface area (Å²) in [6.07, 6.45) is 2.41. The number of nitrogens with zero attached hydrogens (tertiary/aromatic N) is 2. The van der Waals surface area contributed by atoms with Gasteiger partial charge in [0.2, 0.25) is 0 Å². The summed E-state index contributed by atoms with van der Waals surface area (Å²) in [7, 11) is 2.23. The molecule has 0 spiro atoms. The molecule has 118 valence electrons. The molecule has 2 rings (SSSR count). The molecule has 0 saturated carbocycles. The van der Waals surface area contributed by atoms with Crippen molar-refractivity contribution in [1.29, 1.82) is 0 Å². The molecule has 0 bridgehead atoms. The molecule has 1 aliphatic heterocycles. The molecular formula is C18H31N3. The van der Waals surface area contributed by atoms with E-state index in [0.717, 1.165) is 19.5 Å². The van der Waals surface area contributed by atoms with Gasteiger partial charge in [-0.2, -0.15) is 0 Å². The van der Waals surface area contributed by atoms with E-state index in [2.05, 4.69) is 60.3 Å². The Balaban J connectivity index is 1.79. The van der Waals surface area contributed by atoms with Crippen LogP contribution < -0.4 is 5.32 Å². The van der Waals surface area contributed by atoms with E-state index in [9.17, 15) is 0 Å². The van der Waals surface area contributed by atoms with Crippen molar-refractivity contribution < 1.29 is 0 Å². The summed E-state index contributed by atoms with van der Waals surface area (Å²) in [5, 5.41) is 3.47. The lowest BCUT2D eigenvalue weighted by molar-refractivity contribution is 0.269. The molecule has 1 aromatic rings. The minimum atomic E-state index is 0.574. The first-order valence-electron chi connectivity index (χ1n) is 8.35. The van der Waals surface area contributed by atoms with Crippen molar-refractivity contribution in [3.63, 3.8) is 0 Å². The van der Waals surface area contributed by atoms with E-state index in [1.165, 1.54) is 43.7 Å². The van der Waals surface area contributed by atoms with Gasteiger partial charge in [0.25, 0.3) is 0 Å². The number of hydrogen-bond donors (Lipinski definition) is 1. The zero-order chi connectivity index (χ0) is 15.1. The van der Waals surface area contributed by atoms with Gasteiger partial charge >= 0.3 is 0 Å². The van der Waals surface area contributed by atoms with Crippen LogP contribution in [0.25, 0.3) is 0 Å². The van der Waals surface area contributed by atoms with Crippen LogP contribution >= 0.6 is 0 Å². The van der Waals surface area contributed by atoms with E-state index in [0.29, 0.717) is 6.04 Å². The van der Waals surface area contributed by atoms with Crippen molar-refractivity contribution in [2.24, 2.45) is 0 Å². The van der Waals surface area contributed by atoms with Crippen molar-refractivity contribution in [1.82, 2.24) is 15.1 Å². The third kappa shape index (κ3) is 6.16. The molecule has 0 radical (unpaired) electrons. The van der Waals surface area contributed by atoms with E-state index >= 15 is 0 Å². The van der Waals surface area contributed by atoms with Gasteiger partial charge in [0.15, 0.2) is 0 Å². The summed E-state index contributed by atoms with van der Waals surface area (Å²) in [6.45, 7) is 11.4. The molecule has 0 aromatic heterocycles. The third-order valence-corrected chi connectivity index (χ3v) is 4.21. The second-order valence-electron chi connectivity index (χ2n) is 6.61. The van der Waals surface area contributed by atoms with Gasteiger partial charge in [-0.15, -0.1) is 0 Å².